The molecule has 3 rings (SSSR count). The third-order valence-corrected chi connectivity index (χ3v) is 8.30. The van der Waals surface area contributed by atoms with Crippen LogP contribution >= 0.6 is 12.4 Å². The molecular weight excluding hydrogens is 494 g/mol. The smallest absolute Gasteiger partial charge is 0.0267 e. The molecule has 0 aliphatic carbocycles. The highest BCUT2D eigenvalue weighted by atomic mass is 35.5. The van der Waals surface area contributed by atoms with Gasteiger partial charge in [0.05, 0.1) is 0 Å². The van der Waals surface area contributed by atoms with E-state index in [-0.39, 0.29) is 17.9 Å². The maximum atomic E-state index is 7.49. The van der Waals surface area contributed by atoms with Crippen LogP contribution in [0.15, 0.2) is 91.0 Å². The molecule has 214 valence electrons. The van der Waals surface area contributed by atoms with Gasteiger partial charge in [-0.3, -0.25) is 0 Å². The van der Waals surface area contributed by atoms with Gasteiger partial charge >= 0.3 is 0 Å². The summed E-state index contributed by atoms with van der Waals surface area (Å²) >= 11 is 0. The molecule has 1 nitrogen and oxygen atoms in total. The van der Waals surface area contributed by atoms with Crippen LogP contribution in [0, 0.1) is 5.92 Å². The topological polar surface area (TPSA) is 26.0 Å². The van der Waals surface area contributed by atoms with E-state index in [2.05, 4.69) is 97.9 Å². The average molecular weight is 548 g/mol. The van der Waals surface area contributed by atoms with Crippen LogP contribution in [0.1, 0.15) is 107 Å². The van der Waals surface area contributed by atoms with Crippen molar-refractivity contribution in [1.29, 1.82) is 0 Å². The molecule has 0 radical (unpaired) electrons. The Labute approximate surface area is 246 Å². The lowest BCUT2D eigenvalue weighted by atomic mass is 9.71. The van der Waals surface area contributed by atoms with Crippen LogP contribution in [0.3, 0.4) is 0 Å². The Morgan fingerprint density at radius 1 is 0.513 bits per heavy atom. The van der Waals surface area contributed by atoms with Crippen LogP contribution in [-0.4, -0.2) is 5.54 Å². The fourth-order valence-corrected chi connectivity index (χ4v) is 6.03. The highest BCUT2D eigenvalue weighted by Crippen LogP contribution is 2.32. The number of benzene rings is 3. The van der Waals surface area contributed by atoms with Crippen LogP contribution in [0.2, 0.25) is 0 Å². The van der Waals surface area contributed by atoms with Gasteiger partial charge in [-0.25, -0.2) is 0 Å². The van der Waals surface area contributed by atoms with Gasteiger partial charge in [-0.05, 0) is 48.3 Å². The average Bonchev–Trinajstić information content (AvgIpc) is 2.94. The van der Waals surface area contributed by atoms with Crippen LogP contribution in [-0.2, 0) is 19.3 Å². The maximum Gasteiger partial charge on any atom is 0.0267 e. The van der Waals surface area contributed by atoms with Crippen LogP contribution in [0.25, 0.3) is 0 Å². The summed E-state index contributed by atoms with van der Waals surface area (Å²) in [5.41, 5.74) is 11.3. The molecule has 0 aromatic heterocycles. The van der Waals surface area contributed by atoms with Crippen LogP contribution < -0.4 is 5.73 Å². The van der Waals surface area contributed by atoms with E-state index in [1.807, 2.05) is 0 Å². The van der Waals surface area contributed by atoms with Gasteiger partial charge < -0.3 is 5.73 Å². The number of unbranched alkanes of at least 4 members (excludes halogenated alkanes) is 11. The van der Waals surface area contributed by atoms with Crippen molar-refractivity contribution < 1.29 is 0 Å². The van der Waals surface area contributed by atoms with E-state index in [1.54, 1.807) is 0 Å². The summed E-state index contributed by atoms with van der Waals surface area (Å²) in [6, 6.07) is 32.8. The number of rotatable bonds is 20. The van der Waals surface area contributed by atoms with Gasteiger partial charge in [-0.1, -0.05) is 175 Å². The molecule has 1 unspecified atom stereocenters. The van der Waals surface area contributed by atoms with Gasteiger partial charge in [0.25, 0.3) is 0 Å². The van der Waals surface area contributed by atoms with Crippen molar-refractivity contribution in [3.63, 3.8) is 0 Å². The van der Waals surface area contributed by atoms with E-state index >= 15 is 0 Å². The second-order valence-electron chi connectivity index (χ2n) is 11.6. The molecule has 0 heterocycles. The van der Waals surface area contributed by atoms with Crippen LogP contribution in [0.4, 0.5) is 0 Å². The molecule has 0 saturated heterocycles. The third kappa shape index (κ3) is 13.2. The van der Waals surface area contributed by atoms with E-state index < -0.39 is 0 Å². The number of hydrogen-bond donors (Lipinski definition) is 1. The van der Waals surface area contributed by atoms with E-state index in [0.29, 0.717) is 5.92 Å². The first-order valence-corrected chi connectivity index (χ1v) is 15.6. The zero-order valence-electron chi connectivity index (χ0n) is 24.5. The van der Waals surface area contributed by atoms with Gasteiger partial charge in [0.2, 0.25) is 0 Å². The Bertz CT molecular complexity index is 915. The molecule has 0 aliphatic rings. The molecule has 2 heteroatoms. The van der Waals surface area contributed by atoms with E-state index in [4.69, 9.17) is 5.73 Å². The van der Waals surface area contributed by atoms with E-state index in [9.17, 15) is 0 Å². The molecule has 3 aromatic carbocycles. The molecule has 0 spiro atoms. The summed E-state index contributed by atoms with van der Waals surface area (Å²) in [5.74, 6) is 0.438. The summed E-state index contributed by atoms with van der Waals surface area (Å²) in [6.45, 7) is 2.30. The molecular formula is C37H54ClN. The third-order valence-electron chi connectivity index (χ3n) is 8.30. The Balaban J connectivity index is 0.00000533. The lowest BCUT2D eigenvalue weighted by molar-refractivity contribution is 0.241. The Morgan fingerprint density at radius 2 is 0.872 bits per heavy atom. The highest BCUT2D eigenvalue weighted by Gasteiger charge is 2.35. The fourth-order valence-electron chi connectivity index (χ4n) is 6.03. The fraction of sp³-hybridized carbons (Fsp3) is 0.514. The summed E-state index contributed by atoms with van der Waals surface area (Å²) in [7, 11) is 0. The highest BCUT2D eigenvalue weighted by molar-refractivity contribution is 5.85. The first kappa shape index (κ1) is 33.1. The summed E-state index contributed by atoms with van der Waals surface area (Å²) in [5, 5.41) is 0. The van der Waals surface area contributed by atoms with Gasteiger partial charge in [-0.2, -0.15) is 0 Å². The zero-order valence-corrected chi connectivity index (χ0v) is 25.4. The standard InChI is InChI=1S/C37H53N.ClH/c1-2-3-4-5-6-7-8-9-10-11-12-22-29-36(30-33-23-16-13-17-24-33)37(38,31-34-25-18-14-19-26-34)32-35-27-20-15-21-28-35;/h13-21,23-28,36H,2-12,22,29-32,38H2,1H3;1H. The molecule has 0 bridgehead atoms. The molecule has 39 heavy (non-hydrogen) atoms. The van der Waals surface area contributed by atoms with Crippen molar-refractivity contribution in [2.24, 2.45) is 11.7 Å². The summed E-state index contributed by atoms with van der Waals surface area (Å²) < 4.78 is 0. The molecule has 0 fully saturated rings. The second-order valence-corrected chi connectivity index (χ2v) is 11.6. The maximum absolute atomic E-state index is 7.49. The number of nitrogens with two attached hydrogens (primary N) is 1. The first-order valence-electron chi connectivity index (χ1n) is 15.6. The quantitative estimate of drug-likeness (QED) is 0.140. The van der Waals surface area contributed by atoms with Gasteiger partial charge in [0, 0.05) is 5.54 Å². The SMILES string of the molecule is CCCCCCCCCCCCCCC(Cc1ccccc1)C(N)(Cc1ccccc1)Cc1ccccc1.Cl. The summed E-state index contributed by atoms with van der Waals surface area (Å²) in [6.07, 6.45) is 20.7. The van der Waals surface area contributed by atoms with E-state index in [1.165, 1.54) is 100 Å². The first-order chi connectivity index (χ1) is 18.7. The van der Waals surface area contributed by atoms with Gasteiger partial charge in [0.15, 0.2) is 0 Å². The lowest BCUT2D eigenvalue weighted by Crippen LogP contribution is -2.52. The molecule has 2 N–H and O–H groups in total. The Kier molecular flexibility index (Phi) is 16.9. The predicted octanol–water partition coefficient (Wildman–Crippen LogP) is 10.5. The van der Waals surface area contributed by atoms with Gasteiger partial charge in [-0.15, -0.1) is 12.4 Å². The molecule has 0 amide bonds. The van der Waals surface area contributed by atoms with Crippen molar-refractivity contribution >= 4 is 12.4 Å². The van der Waals surface area contributed by atoms with Crippen LogP contribution in [0.5, 0.6) is 0 Å². The zero-order chi connectivity index (χ0) is 26.7. The van der Waals surface area contributed by atoms with Crippen molar-refractivity contribution in [3.05, 3.63) is 108 Å². The minimum atomic E-state index is -0.281. The Hall–Kier alpha value is -2.09. The predicted molar refractivity (Wildman–Crippen MR) is 174 cm³/mol. The Morgan fingerprint density at radius 3 is 1.28 bits per heavy atom. The minimum Gasteiger partial charge on any atom is -0.324 e. The molecule has 0 aliphatic heterocycles. The minimum absolute atomic E-state index is 0. The van der Waals surface area contributed by atoms with Crippen molar-refractivity contribution in [1.82, 2.24) is 0 Å². The largest absolute Gasteiger partial charge is 0.324 e. The monoisotopic (exact) mass is 547 g/mol. The molecule has 1 atom stereocenters. The second kappa shape index (κ2) is 19.9. The normalized spacial score (nSPS) is 12.2. The lowest BCUT2D eigenvalue weighted by Gasteiger charge is -2.39. The summed E-state index contributed by atoms with van der Waals surface area (Å²) in [4.78, 5) is 0. The van der Waals surface area contributed by atoms with E-state index in [0.717, 1.165) is 19.3 Å². The number of hydrogen-bond acceptors (Lipinski definition) is 1. The van der Waals surface area contributed by atoms with Crippen molar-refractivity contribution in [2.75, 3.05) is 0 Å². The van der Waals surface area contributed by atoms with Crippen molar-refractivity contribution in [2.45, 2.75) is 115 Å². The molecule has 0 saturated carbocycles. The van der Waals surface area contributed by atoms with Crippen molar-refractivity contribution in [3.8, 4) is 0 Å². The number of halogens is 1. The van der Waals surface area contributed by atoms with Gasteiger partial charge in [0.1, 0.15) is 0 Å². The molecule has 3 aromatic rings.